The van der Waals surface area contributed by atoms with Gasteiger partial charge >= 0.3 is 5.97 Å². The van der Waals surface area contributed by atoms with E-state index in [1.165, 1.54) is 11.9 Å². The Morgan fingerprint density at radius 3 is 2.60 bits per heavy atom. The lowest BCUT2D eigenvalue weighted by molar-refractivity contribution is -0.146. The second-order valence-corrected chi connectivity index (χ2v) is 6.52. The quantitative estimate of drug-likeness (QED) is 0.699. The molecule has 25 heavy (non-hydrogen) atoms. The number of ether oxygens (including phenoxy) is 1. The minimum absolute atomic E-state index is 0.0431. The molecule has 1 amide bonds. The summed E-state index contributed by atoms with van der Waals surface area (Å²) in [4.78, 5) is 25.2. The first kappa shape index (κ1) is 19.0. The van der Waals surface area contributed by atoms with E-state index in [4.69, 9.17) is 4.74 Å². The van der Waals surface area contributed by atoms with E-state index >= 15 is 0 Å². The number of methoxy groups -OCH3 is 1. The molecule has 8 nitrogen and oxygen atoms in total. The minimum atomic E-state index is -0.697. The van der Waals surface area contributed by atoms with E-state index in [0.717, 1.165) is 16.5 Å². The SMILES string of the molecule is CC[C@@H](C)[C@H](NC(=O)Cn1nnc(-c2ccc(Br)cc2)n1)C(=O)OC. The zero-order valence-electron chi connectivity index (χ0n) is 14.3. The van der Waals surface area contributed by atoms with Crippen molar-refractivity contribution in [2.75, 3.05) is 7.11 Å². The van der Waals surface area contributed by atoms with Crippen molar-refractivity contribution in [1.82, 2.24) is 25.5 Å². The number of aromatic nitrogens is 4. The summed E-state index contributed by atoms with van der Waals surface area (Å²) in [5, 5.41) is 14.7. The normalized spacial score (nSPS) is 13.1. The molecule has 2 aromatic rings. The van der Waals surface area contributed by atoms with Crippen molar-refractivity contribution < 1.29 is 14.3 Å². The van der Waals surface area contributed by atoms with Gasteiger partial charge in [0.1, 0.15) is 12.6 Å². The molecule has 0 aliphatic rings. The number of tetrazole rings is 1. The fourth-order valence-electron chi connectivity index (χ4n) is 2.17. The molecule has 0 fully saturated rings. The Morgan fingerprint density at radius 1 is 1.32 bits per heavy atom. The van der Waals surface area contributed by atoms with E-state index in [1.54, 1.807) is 0 Å². The van der Waals surface area contributed by atoms with Crippen LogP contribution in [-0.2, 0) is 20.9 Å². The first-order valence-electron chi connectivity index (χ1n) is 7.85. The van der Waals surface area contributed by atoms with Gasteiger partial charge in [-0.15, -0.1) is 10.2 Å². The first-order valence-corrected chi connectivity index (χ1v) is 8.64. The van der Waals surface area contributed by atoms with Crippen molar-refractivity contribution in [3.63, 3.8) is 0 Å². The van der Waals surface area contributed by atoms with Crippen LogP contribution in [0.1, 0.15) is 20.3 Å². The van der Waals surface area contributed by atoms with Crippen molar-refractivity contribution >= 4 is 27.8 Å². The van der Waals surface area contributed by atoms with Crippen LogP contribution in [0.2, 0.25) is 0 Å². The van der Waals surface area contributed by atoms with Gasteiger partial charge in [-0.2, -0.15) is 4.80 Å². The topological polar surface area (TPSA) is 99.0 Å². The van der Waals surface area contributed by atoms with Crippen LogP contribution in [0.25, 0.3) is 11.4 Å². The number of hydrogen-bond donors (Lipinski definition) is 1. The highest BCUT2D eigenvalue weighted by Gasteiger charge is 2.26. The Labute approximate surface area is 154 Å². The first-order chi connectivity index (χ1) is 11.9. The van der Waals surface area contributed by atoms with E-state index in [1.807, 2.05) is 38.1 Å². The van der Waals surface area contributed by atoms with Gasteiger partial charge in [0.15, 0.2) is 0 Å². The summed E-state index contributed by atoms with van der Waals surface area (Å²) in [6.45, 7) is 3.69. The average molecular weight is 410 g/mol. The zero-order chi connectivity index (χ0) is 18.4. The van der Waals surface area contributed by atoms with Gasteiger partial charge in [-0.25, -0.2) is 4.79 Å². The molecule has 0 aliphatic carbocycles. The highest BCUT2D eigenvalue weighted by atomic mass is 79.9. The lowest BCUT2D eigenvalue weighted by Crippen LogP contribution is -2.46. The number of esters is 1. The minimum Gasteiger partial charge on any atom is -0.467 e. The summed E-state index contributed by atoms with van der Waals surface area (Å²) < 4.78 is 5.70. The number of nitrogens with zero attached hydrogens (tertiary/aromatic N) is 4. The van der Waals surface area contributed by atoms with Gasteiger partial charge in [0.05, 0.1) is 7.11 Å². The molecule has 0 spiro atoms. The number of amides is 1. The van der Waals surface area contributed by atoms with Crippen molar-refractivity contribution in [2.45, 2.75) is 32.9 Å². The number of carbonyl (C=O) groups excluding carboxylic acids is 2. The third-order valence-electron chi connectivity index (χ3n) is 3.82. The van der Waals surface area contributed by atoms with Crippen LogP contribution in [0.5, 0.6) is 0 Å². The fourth-order valence-corrected chi connectivity index (χ4v) is 2.43. The maximum Gasteiger partial charge on any atom is 0.328 e. The van der Waals surface area contributed by atoms with Gasteiger partial charge in [0.25, 0.3) is 0 Å². The molecule has 0 radical (unpaired) electrons. The van der Waals surface area contributed by atoms with Crippen molar-refractivity contribution in [3.05, 3.63) is 28.7 Å². The molecule has 2 rings (SSSR count). The van der Waals surface area contributed by atoms with Gasteiger partial charge in [-0.05, 0) is 35.4 Å². The van der Waals surface area contributed by atoms with Crippen LogP contribution in [0.4, 0.5) is 0 Å². The average Bonchev–Trinajstić information content (AvgIpc) is 3.07. The summed E-state index contributed by atoms with van der Waals surface area (Å²) in [5.74, 6) is -0.467. The summed E-state index contributed by atoms with van der Waals surface area (Å²) in [7, 11) is 1.30. The summed E-state index contributed by atoms with van der Waals surface area (Å²) >= 11 is 3.36. The van der Waals surface area contributed by atoms with Crippen LogP contribution in [0.15, 0.2) is 28.7 Å². The maximum absolute atomic E-state index is 12.2. The Bertz CT molecular complexity index is 732. The molecule has 9 heteroatoms. The second kappa shape index (κ2) is 8.70. The molecule has 0 saturated heterocycles. The molecular weight excluding hydrogens is 390 g/mol. The standard InChI is InChI=1S/C16H20BrN5O3/c1-4-10(2)14(16(24)25-3)18-13(23)9-22-20-15(19-21-22)11-5-7-12(17)8-6-11/h5-8,10,14H,4,9H2,1-3H3,(H,18,23)/t10-,14+/m1/s1. The number of nitrogens with one attached hydrogen (secondary N) is 1. The predicted octanol–water partition coefficient (Wildman–Crippen LogP) is 1.81. The Balaban J connectivity index is 2.03. The number of carbonyl (C=O) groups is 2. The Hall–Kier alpha value is -2.29. The highest BCUT2D eigenvalue weighted by molar-refractivity contribution is 9.10. The number of rotatable bonds is 7. The van der Waals surface area contributed by atoms with Crippen molar-refractivity contribution in [1.29, 1.82) is 0 Å². The largest absolute Gasteiger partial charge is 0.467 e. The summed E-state index contributed by atoms with van der Waals surface area (Å²) in [5.41, 5.74) is 0.793. The van der Waals surface area contributed by atoms with E-state index in [-0.39, 0.29) is 18.4 Å². The van der Waals surface area contributed by atoms with Crippen LogP contribution in [-0.4, -0.2) is 45.2 Å². The molecule has 134 valence electrons. The molecule has 0 saturated carbocycles. The van der Waals surface area contributed by atoms with E-state index in [0.29, 0.717) is 5.82 Å². The Kier molecular flexibility index (Phi) is 6.63. The Morgan fingerprint density at radius 2 is 2.00 bits per heavy atom. The summed E-state index contributed by atoms with van der Waals surface area (Å²) in [6, 6.07) is 6.74. The lowest BCUT2D eigenvalue weighted by atomic mass is 9.99. The second-order valence-electron chi connectivity index (χ2n) is 5.60. The zero-order valence-corrected chi connectivity index (χ0v) is 15.9. The van der Waals surface area contributed by atoms with Crippen LogP contribution < -0.4 is 5.32 Å². The van der Waals surface area contributed by atoms with Crippen LogP contribution in [0, 0.1) is 5.92 Å². The maximum atomic E-state index is 12.2. The molecule has 1 aromatic heterocycles. The van der Waals surface area contributed by atoms with Gasteiger partial charge in [-0.3, -0.25) is 4.79 Å². The number of halogens is 1. The molecule has 0 bridgehead atoms. The van der Waals surface area contributed by atoms with Gasteiger partial charge < -0.3 is 10.1 Å². The molecular formula is C16H20BrN5O3. The monoisotopic (exact) mass is 409 g/mol. The fraction of sp³-hybridized carbons (Fsp3) is 0.438. The summed E-state index contributed by atoms with van der Waals surface area (Å²) in [6.07, 6.45) is 0.731. The third-order valence-corrected chi connectivity index (χ3v) is 4.35. The number of hydrogen-bond acceptors (Lipinski definition) is 6. The van der Waals surface area contributed by atoms with Crippen LogP contribution >= 0.6 is 15.9 Å². The van der Waals surface area contributed by atoms with E-state index in [9.17, 15) is 9.59 Å². The van der Waals surface area contributed by atoms with Gasteiger partial charge in [0.2, 0.25) is 11.7 Å². The third kappa shape index (κ3) is 5.09. The molecule has 0 aliphatic heterocycles. The molecule has 2 atom stereocenters. The van der Waals surface area contributed by atoms with Crippen molar-refractivity contribution in [3.8, 4) is 11.4 Å². The molecule has 0 unspecified atom stereocenters. The van der Waals surface area contributed by atoms with E-state index < -0.39 is 12.0 Å². The van der Waals surface area contributed by atoms with Gasteiger partial charge in [-0.1, -0.05) is 36.2 Å². The lowest BCUT2D eigenvalue weighted by Gasteiger charge is -2.21. The molecule has 1 N–H and O–H groups in total. The smallest absolute Gasteiger partial charge is 0.328 e. The van der Waals surface area contributed by atoms with Crippen LogP contribution in [0.3, 0.4) is 0 Å². The molecule has 1 aromatic carbocycles. The molecule has 1 heterocycles. The predicted molar refractivity (Wildman–Crippen MR) is 94.4 cm³/mol. The highest BCUT2D eigenvalue weighted by Crippen LogP contribution is 2.17. The van der Waals surface area contributed by atoms with Crippen molar-refractivity contribution in [2.24, 2.45) is 5.92 Å². The number of benzene rings is 1. The van der Waals surface area contributed by atoms with Gasteiger partial charge in [0, 0.05) is 10.0 Å². The van der Waals surface area contributed by atoms with E-state index in [2.05, 4.69) is 36.7 Å².